The van der Waals surface area contributed by atoms with E-state index in [0.29, 0.717) is 0 Å². The number of carbonyl (C=O) groups is 2. The van der Waals surface area contributed by atoms with Crippen LogP contribution in [0.15, 0.2) is 0 Å². The standard InChI is InChI=1S/C2H2O6S/c3-1-7-2(4)8-9(5)6/h1H,(H,5,6). The van der Waals surface area contributed by atoms with E-state index >= 15 is 0 Å². The second-order valence-corrected chi connectivity index (χ2v) is 1.37. The van der Waals surface area contributed by atoms with E-state index in [9.17, 15) is 13.8 Å². The van der Waals surface area contributed by atoms with Crippen LogP contribution in [-0.4, -0.2) is 21.4 Å². The second-order valence-electron chi connectivity index (χ2n) is 0.765. The maximum Gasteiger partial charge on any atom is 0.532 e. The molecule has 0 spiro atoms. The van der Waals surface area contributed by atoms with E-state index in [0.717, 1.165) is 0 Å². The van der Waals surface area contributed by atoms with Crippen molar-refractivity contribution >= 4 is 24.0 Å². The summed E-state index contributed by atoms with van der Waals surface area (Å²) in [5.74, 6) is 0. The molecule has 0 aliphatic rings. The molecule has 1 unspecified atom stereocenters. The minimum Gasteiger partial charge on any atom is -0.362 e. The normalized spacial score (nSPS) is 11.7. The molecule has 0 heterocycles. The summed E-state index contributed by atoms with van der Waals surface area (Å²) >= 11 is -2.73. The molecule has 0 bridgehead atoms. The van der Waals surface area contributed by atoms with Gasteiger partial charge in [-0.1, -0.05) is 0 Å². The van der Waals surface area contributed by atoms with Crippen LogP contribution in [0, 0.1) is 0 Å². The lowest BCUT2D eigenvalue weighted by atomic mass is 11.3. The Kier molecular flexibility index (Phi) is 3.56. The summed E-state index contributed by atoms with van der Waals surface area (Å²) in [6.45, 7) is -0.213. The molecule has 9 heavy (non-hydrogen) atoms. The molecule has 0 saturated heterocycles. The molecule has 6 nitrogen and oxygen atoms in total. The van der Waals surface area contributed by atoms with Gasteiger partial charge in [-0.15, -0.1) is 0 Å². The van der Waals surface area contributed by atoms with E-state index in [1.807, 2.05) is 0 Å². The third kappa shape index (κ3) is 4.91. The van der Waals surface area contributed by atoms with Crippen LogP contribution in [0.2, 0.25) is 0 Å². The van der Waals surface area contributed by atoms with Crippen molar-refractivity contribution in [3.8, 4) is 0 Å². The van der Waals surface area contributed by atoms with Crippen molar-refractivity contribution < 1.29 is 27.3 Å². The van der Waals surface area contributed by atoms with Crippen LogP contribution in [0.3, 0.4) is 0 Å². The first kappa shape index (κ1) is 8.05. The first-order chi connectivity index (χ1) is 4.16. The summed E-state index contributed by atoms with van der Waals surface area (Å²) in [5.41, 5.74) is 0. The molecule has 52 valence electrons. The zero-order valence-electron chi connectivity index (χ0n) is 3.97. The van der Waals surface area contributed by atoms with Crippen molar-refractivity contribution in [1.82, 2.24) is 0 Å². The zero-order chi connectivity index (χ0) is 7.28. The first-order valence-corrected chi connectivity index (χ1v) is 2.63. The molecule has 0 aromatic rings. The summed E-state index contributed by atoms with van der Waals surface area (Å²) in [6, 6.07) is 0. The summed E-state index contributed by atoms with van der Waals surface area (Å²) in [5, 5.41) is 0. The Hall–Kier alpha value is -0.950. The molecule has 0 aromatic heterocycles. The molecule has 0 fully saturated rings. The topological polar surface area (TPSA) is 89.9 Å². The molecule has 7 heteroatoms. The Morgan fingerprint density at radius 2 is 2.22 bits per heavy atom. The van der Waals surface area contributed by atoms with Crippen molar-refractivity contribution in [2.24, 2.45) is 0 Å². The van der Waals surface area contributed by atoms with Crippen LogP contribution in [0.25, 0.3) is 0 Å². The second kappa shape index (κ2) is 3.98. The highest BCUT2D eigenvalue weighted by Crippen LogP contribution is 1.83. The molecule has 0 rings (SSSR count). The fourth-order valence-corrected chi connectivity index (χ4v) is 0.273. The lowest BCUT2D eigenvalue weighted by molar-refractivity contribution is -0.124. The van der Waals surface area contributed by atoms with Crippen LogP contribution in [0.1, 0.15) is 0 Å². The molecule has 0 radical (unpaired) electrons. The van der Waals surface area contributed by atoms with Gasteiger partial charge in [-0.2, -0.15) is 4.21 Å². The van der Waals surface area contributed by atoms with E-state index in [4.69, 9.17) is 4.55 Å². The van der Waals surface area contributed by atoms with E-state index in [-0.39, 0.29) is 6.47 Å². The monoisotopic (exact) mass is 154 g/mol. The van der Waals surface area contributed by atoms with Gasteiger partial charge < -0.3 is 8.92 Å². The fraction of sp³-hybridized carbons (Fsp3) is 0. The Labute approximate surface area is 52.2 Å². The third-order valence-corrected chi connectivity index (χ3v) is 0.562. The largest absolute Gasteiger partial charge is 0.532 e. The molecule has 0 aliphatic carbocycles. The number of hydrogen-bond acceptors (Lipinski definition) is 5. The molecule has 1 atom stereocenters. The highest BCUT2D eigenvalue weighted by molar-refractivity contribution is 7.74. The Morgan fingerprint density at radius 3 is 2.56 bits per heavy atom. The van der Waals surface area contributed by atoms with E-state index < -0.39 is 17.5 Å². The predicted molar refractivity (Wildman–Crippen MR) is 24.4 cm³/mol. The summed E-state index contributed by atoms with van der Waals surface area (Å²) < 4.78 is 24.2. The molecule has 1 N–H and O–H groups in total. The highest BCUT2D eigenvalue weighted by Gasteiger charge is 2.05. The Bertz CT molecular complexity index is 140. The SMILES string of the molecule is O=COC(=O)OS(=O)O. The smallest absolute Gasteiger partial charge is 0.362 e. The minimum absolute atomic E-state index is 0.213. The number of hydrogen-bond donors (Lipinski definition) is 1. The predicted octanol–water partition coefficient (Wildman–Crippen LogP) is -0.567. The van der Waals surface area contributed by atoms with Crippen LogP contribution in [0.5, 0.6) is 0 Å². The molecule has 0 aromatic carbocycles. The van der Waals surface area contributed by atoms with Gasteiger partial charge in [0.25, 0.3) is 0 Å². The molecule has 0 amide bonds. The number of ether oxygens (including phenoxy) is 1. The van der Waals surface area contributed by atoms with Crippen molar-refractivity contribution in [2.75, 3.05) is 0 Å². The van der Waals surface area contributed by atoms with Gasteiger partial charge >= 0.3 is 24.0 Å². The van der Waals surface area contributed by atoms with Gasteiger partial charge in [0.05, 0.1) is 0 Å². The molecular formula is C2H2O6S. The zero-order valence-corrected chi connectivity index (χ0v) is 4.79. The summed E-state index contributed by atoms with van der Waals surface area (Å²) in [4.78, 5) is 19.1. The van der Waals surface area contributed by atoms with Gasteiger partial charge in [0.2, 0.25) is 0 Å². The lowest BCUT2D eigenvalue weighted by Gasteiger charge is -1.90. The maximum absolute atomic E-state index is 9.82. The van der Waals surface area contributed by atoms with Crippen LogP contribution in [0.4, 0.5) is 4.79 Å². The van der Waals surface area contributed by atoms with Crippen LogP contribution < -0.4 is 0 Å². The quantitative estimate of drug-likeness (QED) is 0.248. The lowest BCUT2D eigenvalue weighted by Crippen LogP contribution is -2.07. The fourth-order valence-electron chi connectivity index (χ4n) is 0.117. The van der Waals surface area contributed by atoms with Crippen molar-refractivity contribution in [3.05, 3.63) is 0 Å². The molecule has 0 saturated carbocycles. The highest BCUT2D eigenvalue weighted by atomic mass is 32.2. The van der Waals surface area contributed by atoms with E-state index in [1.54, 1.807) is 0 Å². The van der Waals surface area contributed by atoms with Crippen molar-refractivity contribution in [2.45, 2.75) is 0 Å². The number of rotatable bonds is 2. The summed E-state index contributed by atoms with van der Waals surface area (Å²) in [6.07, 6.45) is -1.51. The van der Waals surface area contributed by atoms with Gasteiger partial charge in [0, 0.05) is 0 Å². The van der Waals surface area contributed by atoms with Gasteiger partial charge in [0.1, 0.15) is 0 Å². The van der Waals surface area contributed by atoms with Crippen LogP contribution in [-0.2, 0) is 25.1 Å². The molecule has 0 aliphatic heterocycles. The summed E-state index contributed by atoms with van der Waals surface area (Å²) in [7, 11) is 0. The number of carbonyl (C=O) groups excluding carboxylic acids is 2. The van der Waals surface area contributed by atoms with E-state index in [1.165, 1.54) is 0 Å². The van der Waals surface area contributed by atoms with Gasteiger partial charge in [-0.05, 0) is 0 Å². The average molecular weight is 154 g/mol. The van der Waals surface area contributed by atoms with Crippen molar-refractivity contribution in [1.29, 1.82) is 0 Å². The van der Waals surface area contributed by atoms with Gasteiger partial charge in [-0.25, -0.2) is 4.79 Å². The maximum atomic E-state index is 9.82. The average Bonchev–Trinajstić information content (AvgIpc) is 1.63. The minimum atomic E-state index is -2.73. The first-order valence-electron chi connectivity index (χ1n) is 1.60. The Balaban J connectivity index is 3.50. The third-order valence-electron chi connectivity index (χ3n) is 0.284. The Morgan fingerprint density at radius 1 is 1.67 bits per heavy atom. The van der Waals surface area contributed by atoms with Crippen molar-refractivity contribution in [3.63, 3.8) is 0 Å². The van der Waals surface area contributed by atoms with Crippen LogP contribution >= 0.6 is 0 Å². The molecular weight excluding hydrogens is 152 g/mol. The van der Waals surface area contributed by atoms with Gasteiger partial charge in [-0.3, -0.25) is 9.35 Å². The van der Waals surface area contributed by atoms with Gasteiger partial charge in [0.15, 0.2) is 0 Å². The van der Waals surface area contributed by atoms with E-state index in [2.05, 4.69) is 8.92 Å².